The van der Waals surface area contributed by atoms with Gasteiger partial charge in [0, 0.05) is 4.47 Å². The molecule has 2 heterocycles. The Morgan fingerprint density at radius 3 is 2.32 bits per heavy atom. The summed E-state index contributed by atoms with van der Waals surface area (Å²) in [6.07, 6.45) is 2.62. The van der Waals surface area contributed by atoms with E-state index in [9.17, 15) is 0 Å². The molecule has 134 valence electrons. The second-order valence-electron chi connectivity index (χ2n) is 6.18. The topological polar surface area (TPSA) is 21.1 Å². The fourth-order valence-corrected chi connectivity index (χ4v) is 3.77. The van der Waals surface area contributed by atoms with E-state index in [0.717, 1.165) is 23.1 Å². The number of nitrogens with zero attached hydrogens (tertiary/aromatic N) is 3. The summed E-state index contributed by atoms with van der Waals surface area (Å²) in [5.41, 5.74) is 3.60. The van der Waals surface area contributed by atoms with Gasteiger partial charge in [0.05, 0.1) is 24.1 Å². The molecule has 25 heavy (non-hydrogen) atoms. The maximum absolute atomic E-state index is 4.91. The molecule has 3 nitrogen and oxygen atoms in total. The van der Waals surface area contributed by atoms with Gasteiger partial charge in [0.15, 0.2) is 0 Å². The number of hydrogen-bond acceptors (Lipinski definition) is 2. The molecule has 0 atom stereocenters. The van der Waals surface area contributed by atoms with Crippen molar-refractivity contribution < 1.29 is 0 Å². The molecule has 0 spiro atoms. The van der Waals surface area contributed by atoms with Crippen molar-refractivity contribution in [1.29, 1.82) is 0 Å². The van der Waals surface area contributed by atoms with Crippen molar-refractivity contribution in [3.8, 4) is 0 Å². The number of benzene rings is 2. The highest BCUT2D eigenvalue weighted by molar-refractivity contribution is 9.10. The van der Waals surface area contributed by atoms with Crippen LogP contribution in [0.2, 0.25) is 0 Å². The van der Waals surface area contributed by atoms with E-state index in [-0.39, 0.29) is 24.8 Å². The van der Waals surface area contributed by atoms with Crippen molar-refractivity contribution in [2.75, 3.05) is 13.1 Å². The zero-order valence-electron chi connectivity index (χ0n) is 13.9. The van der Waals surface area contributed by atoms with Crippen LogP contribution in [0.5, 0.6) is 0 Å². The molecule has 1 aromatic heterocycles. The van der Waals surface area contributed by atoms with E-state index in [4.69, 9.17) is 4.98 Å². The maximum atomic E-state index is 4.91. The third kappa shape index (κ3) is 4.37. The molecule has 2 aromatic carbocycles. The van der Waals surface area contributed by atoms with Crippen molar-refractivity contribution in [2.45, 2.75) is 25.9 Å². The van der Waals surface area contributed by atoms with Crippen molar-refractivity contribution >= 4 is 51.8 Å². The second-order valence-corrected chi connectivity index (χ2v) is 7.03. The summed E-state index contributed by atoms with van der Waals surface area (Å²) in [7, 11) is 0. The third-order valence-corrected chi connectivity index (χ3v) is 5.36. The van der Waals surface area contributed by atoms with Crippen molar-refractivity contribution in [1.82, 2.24) is 14.5 Å². The summed E-state index contributed by atoms with van der Waals surface area (Å²) in [5.74, 6) is 1.17. The highest BCUT2D eigenvalue weighted by Crippen LogP contribution is 2.23. The normalized spacial score (nSPS) is 14.3. The minimum absolute atomic E-state index is 0. The monoisotopic (exact) mass is 441 g/mol. The molecule has 1 aliphatic rings. The van der Waals surface area contributed by atoms with E-state index in [1.54, 1.807) is 0 Å². The first kappa shape index (κ1) is 20.2. The first-order chi connectivity index (χ1) is 11.3. The zero-order valence-corrected chi connectivity index (χ0v) is 17.1. The summed E-state index contributed by atoms with van der Waals surface area (Å²) in [6, 6.07) is 16.9. The number of para-hydroxylation sites is 2. The Kier molecular flexibility index (Phi) is 7.32. The Hall–Kier alpha value is -1.07. The molecule has 0 saturated carbocycles. The molecule has 0 N–H and O–H groups in total. The van der Waals surface area contributed by atoms with Crippen molar-refractivity contribution in [3.05, 3.63) is 64.4 Å². The molecule has 4 rings (SSSR count). The first-order valence-electron chi connectivity index (χ1n) is 8.21. The molecule has 6 heteroatoms. The minimum atomic E-state index is 0. The fourth-order valence-electron chi connectivity index (χ4n) is 3.36. The lowest BCUT2D eigenvalue weighted by Crippen LogP contribution is -2.21. The van der Waals surface area contributed by atoms with Gasteiger partial charge >= 0.3 is 0 Å². The number of likely N-dealkylation sites (tertiary alicyclic amines) is 1. The highest BCUT2D eigenvalue weighted by Gasteiger charge is 2.17. The Balaban J connectivity index is 0.00000113. The highest BCUT2D eigenvalue weighted by atomic mass is 79.9. The largest absolute Gasteiger partial charge is 0.322 e. The van der Waals surface area contributed by atoms with Crippen LogP contribution in [-0.4, -0.2) is 27.5 Å². The summed E-state index contributed by atoms with van der Waals surface area (Å²) in [6.45, 7) is 4.18. The molecular weight excluding hydrogens is 421 g/mol. The smallest absolute Gasteiger partial charge is 0.124 e. The lowest BCUT2D eigenvalue weighted by Gasteiger charge is -2.16. The van der Waals surface area contributed by atoms with Gasteiger partial charge in [0.25, 0.3) is 0 Å². The van der Waals surface area contributed by atoms with Crippen LogP contribution in [0, 0.1) is 0 Å². The number of halogens is 3. The second kappa shape index (κ2) is 9.04. The first-order valence-corrected chi connectivity index (χ1v) is 9.00. The SMILES string of the molecule is Brc1ccccc1Cn1c(CN2CCCC2)nc2ccccc21.Cl.Cl. The maximum Gasteiger partial charge on any atom is 0.124 e. The average molecular weight is 443 g/mol. The van der Waals surface area contributed by atoms with Gasteiger partial charge in [0.2, 0.25) is 0 Å². The third-order valence-electron chi connectivity index (χ3n) is 4.58. The van der Waals surface area contributed by atoms with Gasteiger partial charge in [-0.3, -0.25) is 4.90 Å². The van der Waals surface area contributed by atoms with E-state index < -0.39 is 0 Å². The molecule has 1 aliphatic heterocycles. The molecule has 0 amide bonds. The van der Waals surface area contributed by atoms with Gasteiger partial charge < -0.3 is 4.57 Å². The van der Waals surface area contributed by atoms with E-state index in [0.29, 0.717) is 0 Å². The van der Waals surface area contributed by atoms with Crippen molar-refractivity contribution in [2.24, 2.45) is 0 Å². The number of fused-ring (bicyclic) bond motifs is 1. The van der Waals surface area contributed by atoms with Gasteiger partial charge in [-0.2, -0.15) is 0 Å². The molecule has 3 aromatic rings. The van der Waals surface area contributed by atoms with Crippen LogP contribution >= 0.6 is 40.7 Å². The van der Waals surface area contributed by atoms with E-state index in [2.05, 4.69) is 73.9 Å². The number of rotatable bonds is 4. The molecule has 1 fully saturated rings. The molecule has 1 saturated heterocycles. The Morgan fingerprint density at radius 2 is 1.56 bits per heavy atom. The lowest BCUT2D eigenvalue weighted by atomic mass is 10.2. The number of imidazole rings is 1. The van der Waals surface area contributed by atoms with Gasteiger partial charge in [-0.25, -0.2) is 4.98 Å². The van der Waals surface area contributed by atoms with Crippen LogP contribution in [0.3, 0.4) is 0 Å². The molecule has 0 unspecified atom stereocenters. The predicted molar refractivity (Wildman–Crippen MR) is 112 cm³/mol. The Labute approximate surface area is 169 Å². The zero-order chi connectivity index (χ0) is 15.6. The quantitative estimate of drug-likeness (QED) is 0.547. The summed E-state index contributed by atoms with van der Waals surface area (Å²) < 4.78 is 3.53. The van der Waals surface area contributed by atoms with Gasteiger partial charge in [0.1, 0.15) is 5.82 Å². The summed E-state index contributed by atoms with van der Waals surface area (Å²) >= 11 is 3.67. The van der Waals surface area contributed by atoms with Crippen LogP contribution in [0.15, 0.2) is 53.0 Å². The molecule has 0 bridgehead atoms. The standard InChI is InChI=1S/C19H20BrN3.2ClH/c20-16-8-2-1-7-15(16)13-23-18-10-4-3-9-17(18)21-19(23)14-22-11-5-6-12-22;;/h1-4,7-10H,5-6,11-14H2;2*1H. The van der Waals surface area contributed by atoms with Crippen molar-refractivity contribution in [3.63, 3.8) is 0 Å². The summed E-state index contributed by atoms with van der Waals surface area (Å²) in [4.78, 5) is 7.42. The predicted octanol–water partition coefficient (Wildman–Crippen LogP) is 5.29. The van der Waals surface area contributed by atoms with Crippen LogP contribution in [-0.2, 0) is 13.1 Å². The average Bonchev–Trinajstić information content (AvgIpc) is 3.19. The number of aromatic nitrogens is 2. The Bertz CT molecular complexity index is 828. The van der Waals surface area contributed by atoms with Crippen LogP contribution in [0.1, 0.15) is 24.2 Å². The Morgan fingerprint density at radius 1 is 0.880 bits per heavy atom. The lowest BCUT2D eigenvalue weighted by molar-refractivity contribution is 0.318. The van der Waals surface area contributed by atoms with E-state index in [1.165, 1.54) is 42.8 Å². The van der Waals surface area contributed by atoms with E-state index >= 15 is 0 Å². The van der Waals surface area contributed by atoms with Crippen LogP contribution < -0.4 is 0 Å². The van der Waals surface area contributed by atoms with E-state index in [1.807, 2.05) is 0 Å². The van der Waals surface area contributed by atoms with Crippen LogP contribution in [0.4, 0.5) is 0 Å². The van der Waals surface area contributed by atoms with Gasteiger partial charge in [-0.15, -0.1) is 24.8 Å². The minimum Gasteiger partial charge on any atom is -0.322 e. The molecular formula is C19H22BrCl2N3. The number of hydrogen-bond donors (Lipinski definition) is 0. The summed E-state index contributed by atoms with van der Waals surface area (Å²) in [5, 5.41) is 0. The van der Waals surface area contributed by atoms with Gasteiger partial charge in [-0.1, -0.05) is 46.3 Å². The molecule has 0 radical (unpaired) electrons. The van der Waals surface area contributed by atoms with Gasteiger partial charge in [-0.05, 0) is 49.7 Å². The van der Waals surface area contributed by atoms with Crippen LogP contribution in [0.25, 0.3) is 11.0 Å². The fraction of sp³-hybridized carbons (Fsp3) is 0.316. The molecule has 0 aliphatic carbocycles.